The van der Waals surface area contributed by atoms with Gasteiger partial charge in [0.25, 0.3) is 0 Å². The van der Waals surface area contributed by atoms with Crippen LogP contribution in [0.15, 0.2) is 133 Å². The van der Waals surface area contributed by atoms with Gasteiger partial charge in [0.2, 0.25) is 0 Å². The Morgan fingerprint density at radius 3 is 1.36 bits per heavy atom. The number of allylic oxidation sites excluding steroid dienone is 4. The van der Waals surface area contributed by atoms with Gasteiger partial charge in [-0.3, -0.25) is 6.08 Å². The zero-order chi connectivity index (χ0) is 39.9. The smallest absolute Gasteiger partial charge is 0.109 e. The van der Waals surface area contributed by atoms with E-state index in [0.717, 1.165) is 6.42 Å². The van der Waals surface area contributed by atoms with E-state index in [4.69, 9.17) is 0 Å². The Morgan fingerprint density at radius 2 is 1.00 bits per heavy atom. The molecule has 0 atom stereocenters. The van der Waals surface area contributed by atoms with E-state index in [1.54, 1.807) is 27.4 Å². The fourth-order valence-corrected chi connectivity index (χ4v) is 8.83. The second-order valence-corrected chi connectivity index (χ2v) is 19.2. The summed E-state index contributed by atoms with van der Waals surface area (Å²) >= 11 is 1.67. The van der Waals surface area contributed by atoms with Crippen molar-refractivity contribution in [2.75, 3.05) is 0 Å². The zero-order valence-corrected chi connectivity index (χ0v) is 39.9. The summed E-state index contributed by atoms with van der Waals surface area (Å²) in [6.45, 7) is 18.6. The molecule has 8 rings (SSSR count). The third-order valence-electron chi connectivity index (χ3n) is 11.0. The molecule has 0 saturated heterocycles. The molecule has 0 spiro atoms. The van der Waals surface area contributed by atoms with Crippen molar-refractivity contribution >= 4 is 46.3 Å². The number of hydrogen-bond donors (Lipinski definition) is 0. The topological polar surface area (TPSA) is 0 Å². The molecule has 3 heteroatoms. The van der Waals surface area contributed by atoms with Crippen molar-refractivity contribution in [3.63, 3.8) is 0 Å². The first-order chi connectivity index (χ1) is 26.9. The summed E-state index contributed by atoms with van der Waals surface area (Å²) in [6.07, 6.45) is 18.3. The minimum Gasteiger partial charge on any atom is -1.00 e. The average Bonchev–Trinajstić information content (AvgIpc) is 3.89. The van der Waals surface area contributed by atoms with Gasteiger partial charge in [-0.25, -0.2) is 12.2 Å². The number of benzene rings is 6. The predicted octanol–water partition coefficient (Wildman–Crippen LogP) is 10.3. The molecule has 1 aliphatic carbocycles. The first-order valence-electron chi connectivity index (χ1n) is 20.9. The quantitative estimate of drug-likeness (QED) is 0.133. The number of unbranched alkanes of at least 4 members (excludes halogenated alkanes) is 2. The van der Waals surface area contributed by atoms with Crippen molar-refractivity contribution in [3.05, 3.63) is 151 Å². The molecule has 0 unspecified atom stereocenters. The molecule has 1 aliphatic rings. The summed E-state index contributed by atoms with van der Waals surface area (Å²) < 4.78 is 1.79. The zero-order valence-electron chi connectivity index (χ0n) is 35.9. The van der Waals surface area contributed by atoms with E-state index in [1.807, 2.05) is 12.2 Å². The van der Waals surface area contributed by atoms with Crippen LogP contribution in [0.1, 0.15) is 111 Å². The minimum atomic E-state index is -0.000185. The summed E-state index contributed by atoms with van der Waals surface area (Å²) in [4.78, 5) is 0. The van der Waals surface area contributed by atoms with Crippen molar-refractivity contribution in [3.8, 4) is 22.3 Å². The van der Waals surface area contributed by atoms with Gasteiger partial charge in [-0.1, -0.05) is 139 Å². The van der Waals surface area contributed by atoms with Crippen molar-refractivity contribution < 1.29 is 49.0 Å². The van der Waals surface area contributed by atoms with Crippen LogP contribution in [-0.4, -0.2) is 3.21 Å². The molecule has 0 radical (unpaired) electrons. The SMILES string of the molecule is CC(C)(C)c1cc2c(cc1-c1cccc3ccccc13)[cH-]c1cc(-c3cccc4ccccc34)c(C(C)(C)C)cc12.CCCC[C](=[Zr+2])CCCC.[C-]1=CC=CC1.[Cl-].[Cl-]. The number of halogens is 2. The van der Waals surface area contributed by atoms with Crippen LogP contribution in [0.4, 0.5) is 0 Å². The number of hydrogen-bond acceptors (Lipinski definition) is 0. The monoisotopic (exact) mass is 880 g/mol. The summed E-state index contributed by atoms with van der Waals surface area (Å²) in [5.74, 6) is 0. The molecular formula is C55H60Cl2Zr-2. The Labute approximate surface area is 376 Å². The molecule has 0 N–H and O–H groups in total. The molecule has 7 aromatic rings. The molecule has 0 heterocycles. The van der Waals surface area contributed by atoms with E-state index in [9.17, 15) is 0 Å². The van der Waals surface area contributed by atoms with E-state index in [0.29, 0.717) is 0 Å². The Balaban J connectivity index is 0.000000372. The van der Waals surface area contributed by atoms with Crippen LogP contribution < -0.4 is 24.8 Å². The standard InChI is InChI=1S/C41H37.C9H18.C5H5.2ClH.Zr/c1-40(2,3)38-24-34-28(22-36(38)32-19-11-15-26-13-7-9-17-30(26)32)21-29-23-37(39(25-35(29)34)41(4,5)6)33-20-12-16-27-14-8-10-18-31(27)33;1-3-5-7-9-8-6-4-2;1-2-4-5-3-1;;;/h7-25H,1-6H3;3-8H2,1-2H3;1-3H,4H2;2*1H;/q-1;;-1;;;+2/p-2. The van der Waals surface area contributed by atoms with Crippen molar-refractivity contribution in [2.24, 2.45) is 0 Å². The normalized spacial score (nSPS) is 12.2. The molecule has 0 amide bonds. The number of fused-ring (bicyclic) bond motifs is 5. The van der Waals surface area contributed by atoms with Gasteiger partial charge in [0.05, 0.1) is 0 Å². The average molecular weight is 883 g/mol. The maximum Gasteiger partial charge on any atom is -0.109 e. The predicted molar refractivity (Wildman–Crippen MR) is 246 cm³/mol. The maximum absolute atomic E-state index is 2.99. The Kier molecular flexibility index (Phi) is 17.2. The van der Waals surface area contributed by atoms with E-state index >= 15 is 0 Å². The van der Waals surface area contributed by atoms with Crippen LogP contribution in [0, 0.1) is 6.08 Å². The Bertz CT molecular complexity index is 2330. The summed E-state index contributed by atoms with van der Waals surface area (Å²) in [5.41, 5.74) is 8.08. The van der Waals surface area contributed by atoms with Gasteiger partial charge in [-0.2, -0.15) is 6.08 Å². The van der Waals surface area contributed by atoms with Crippen LogP contribution in [0.25, 0.3) is 65.3 Å². The van der Waals surface area contributed by atoms with E-state index in [1.165, 1.54) is 115 Å². The first-order valence-corrected chi connectivity index (χ1v) is 22.1. The molecule has 0 aromatic heterocycles. The van der Waals surface area contributed by atoms with Crippen molar-refractivity contribution in [2.45, 2.75) is 111 Å². The van der Waals surface area contributed by atoms with E-state index < -0.39 is 0 Å². The van der Waals surface area contributed by atoms with Gasteiger partial charge >= 0.3 is 79.8 Å². The van der Waals surface area contributed by atoms with Gasteiger partial charge < -0.3 is 24.8 Å². The third-order valence-corrected chi connectivity index (χ3v) is 12.2. The van der Waals surface area contributed by atoms with Crippen LogP contribution in [0.2, 0.25) is 0 Å². The van der Waals surface area contributed by atoms with Crippen LogP contribution in [0.5, 0.6) is 0 Å². The second-order valence-electron chi connectivity index (χ2n) is 17.5. The van der Waals surface area contributed by atoms with Crippen LogP contribution in [-0.2, 0) is 35.1 Å². The van der Waals surface area contributed by atoms with Gasteiger partial charge in [-0.05, 0) is 65.8 Å². The maximum atomic E-state index is 2.99. The molecule has 300 valence electrons. The van der Waals surface area contributed by atoms with E-state index in [2.05, 4.69) is 183 Å². The molecule has 7 aromatic carbocycles. The van der Waals surface area contributed by atoms with Gasteiger partial charge in [0, 0.05) is 0 Å². The fourth-order valence-electron chi connectivity index (χ4n) is 7.96. The van der Waals surface area contributed by atoms with E-state index in [-0.39, 0.29) is 35.6 Å². The first kappa shape index (κ1) is 47.2. The summed E-state index contributed by atoms with van der Waals surface area (Å²) in [7, 11) is 0. The fraction of sp³-hybridized carbons (Fsp3) is 0.309. The number of rotatable bonds is 8. The largest absolute Gasteiger partial charge is 1.00 e. The summed E-state index contributed by atoms with van der Waals surface area (Å²) in [6, 6.07) is 43.2. The third kappa shape index (κ3) is 11.2. The van der Waals surface area contributed by atoms with Gasteiger partial charge in [-0.15, -0.1) is 46.2 Å². The van der Waals surface area contributed by atoms with Crippen molar-refractivity contribution in [1.29, 1.82) is 0 Å². The molecule has 0 nitrogen and oxygen atoms in total. The molecule has 0 bridgehead atoms. The molecule has 0 saturated carbocycles. The molecular weight excluding hydrogens is 823 g/mol. The van der Waals surface area contributed by atoms with Crippen LogP contribution in [0.3, 0.4) is 0 Å². The van der Waals surface area contributed by atoms with Crippen LogP contribution >= 0.6 is 0 Å². The van der Waals surface area contributed by atoms with Gasteiger partial charge in [0.15, 0.2) is 0 Å². The minimum absolute atomic E-state index is 0. The Hall–Kier alpha value is -3.48. The Morgan fingerprint density at radius 1 is 0.569 bits per heavy atom. The molecule has 58 heavy (non-hydrogen) atoms. The molecule has 0 aliphatic heterocycles. The van der Waals surface area contributed by atoms with Gasteiger partial charge in [0.1, 0.15) is 0 Å². The summed E-state index contributed by atoms with van der Waals surface area (Å²) in [5, 5.41) is 10.5. The van der Waals surface area contributed by atoms with Crippen molar-refractivity contribution in [1.82, 2.24) is 0 Å². The molecule has 0 fully saturated rings. The second kappa shape index (κ2) is 21.2.